The number of carbonyl (C=O) groups excluding carboxylic acids is 1. The molecule has 0 saturated heterocycles. The van der Waals surface area contributed by atoms with E-state index in [0.29, 0.717) is 11.1 Å². The third-order valence-electron chi connectivity index (χ3n) is 2.35. The van der Waals surface area contributed by atoms with E-state index in [0.717, 1.165) is 10.4 Å². The molecule has 0 unspecified atom stereocenters. The number of benzene rings is 1. The summed E-state index contributed by atoms with van der Waals surface area (Å²) in [6.45, 7) is 0. The summed E-state index contributed by atoms with van der Waals surface area (Å²) in [6, 6.07) is 9.11. The van der Waals surface area contributed by atoms with Gasteiger partial charge in [-0.1, -0.05) is 17.3 Å². The number of rotatable bonds is 2. The largest absolute Gasteiger partial charge is 0.288 e. The average Bonchev–Trinajstić information content (AvgIpc) is 2.98. The lowest BCUT2D eigenvalue weighted by molar-refractivity contribution is 0.104. The van der Waals surface area contributed by atoms with Gasteiger partial charge in [-0.05, 0) is 23.6 Å². The van der Waals surface area contributed by atoms with Crippen molar-refractivity contribution in [1.82, 2.24) is 15.4 Å². The number of ketones is 1. The molecule has 0 radical (unpaired) electrons. The van der Waals surface area contributed by atoms with Gasteiger partial charge in [-0.15, -0.1) is 16.4 Å². The number of nitrogens with zero attached hydrogens (tertiary/aromatic N) is 2. The van der Waals surface area contributed by atoms with Crippen molar-refractivity contribution in [1.29, 1.82) is 0 Å². The van der Waals surface area contributed by atoms with Crippen LogP contribution in [-0.4, -0.2) is 21.2 Å². The van der Waals surface area contributed by atoms with Crippen molar-refractivity contribution in [3.63, 3.8) is 0 Å². The van der Waals surface area contributed by atoms with Crippen LogP contribution in [0.5, 0.6) is 0 Å². The molecule has 0 fully saturated rings. The van der Waals surface area contributed by atoms with E-state index in [2.05, 4.69) is 15.4 Å². The summed E-state index contributed by atoms with van der Waals surface area (Å²) in [5.41, 5.74) is 2.00. The molecule has 3 aromatic rings. The second kappa shape index (κ2) is 3.53. The highest BCUT2D eigenvalue weighted by Crippen LogP contribution is 2.20. The zero-order valence-electron chi connectivity index (χ0n) is 8.18. The van der Waals surface area contributed by atoms with Gasteiger partial charge in [-0.25, -0.2) is 0 Å². The molecule has 5 heteroatoms. The molecule has 0 atom stereocenters. The molecule has 0 saturated carbocycles. The van der Waals surface area contributed by atoms with Gasteiger partial charge in [0.15, 0.2) is 0 Å². The van der Waals surface area contributed by atoms with E-state index >= 15 is 0 Å². The second-order valence-electron chi connectivity index (χ2n) is 3.32. The molecule has 3 rings (SSSR count). The Morgan fingerprint density at radius 2 is 2.19 bits per heavy atom. The number of aromatic nitrogens is 3. The van der Waals surface area contributed by atoms with Crippen LogP contribution in [-0.2, 0) is 0 Å². The van der Waals surface area contributed by atoms with Crippen LogP contribution in [0.15, 0.2) is 35.7 Å². The van der Waals surface area contributed by atoms with Crippen molar-refractivity contribution in [3.05, 3.63) is 46.2 Å². The predicted octanol–water partition coefficient (Wildman–Crippen LogP) is 2.25. The molecule has 1 N–H and O–H groups in total. The average molecular weight is 229 g/mol. The minimum absolute atomic E-state index is 0.00509. The fraction of sp³-hybridized carbons (Fsp3) is 0. The second-order valence-corrected chi connectivity index (χ2v) is 4.27. The summed E-state index contributed by atoms with van der Waals surface area (Å²) in [5, 5.41) is 12.3. The normalized spacial score (nSPS) is 10.8. The molecule has 0 aliphatic heterocycles. The van der Waals surface area contributed by atoms with Crippen LogP contribution in [0.3, 0.4) is 0 Å². The van der Waals surface area contributed by atoms with E-state index in [4.69, 9.17) is 0 Å². The highest BCUT2D eigenvalue weighted by Gasteiger charge is 2.14. The molecule has 78 valence electrons. The maximum Gasteiger partial charge on any atom is 0.205 e. The van der Waals surface area contributed by atoms with Crippen molar-refractivity contribution >= 4 is 28.2 Å². The van der Waals surface area contributed by atoms with Gasteiger partial charge in [-0.3, -0.25) is 9.89 Å². The van der Waals surface area contributed by atoms with Crippen molar-refractivity contribution in [2.75, 3.05) is 0 Å². The summed E-state index contributed by atoms with van der Waals surface area (Å²) in [4.78, 5) is 12.9. The lowest BCUT2D eigenvalue weighted by Crippen LogP contribution is -1.99. The Kier molecular flexibility index (Phi) is 2.04. The Hall–Kier alpha value is -2.01. The van der Waals surface area contributed by atoms with Crippen molar-refractivity contribution in [3.8, 4) is 0 Å². The van der Waals surface area contributed by atoms with Crippen LogP contribution < -0.4 is 0 Å². The molecule has 0 aliphatic rings. The number of thiophene rings is 1. The first kappa shape index (κ1) is 9.23. The molecule has 0 bridgehead atoms. The third-order valence-corrected chi connectivity index (χ3v) is 3.21. The molecular formula is C11H7N3OS. The van der Waals surface area contributed by atoms with Gasteiger partial charge in [0.05, 0.1) is 16.0 Å². The van der Waals surface area contributed by atoms with Gasteiger partial charge in [-0.2, -0.15) is 0 Å². The predicted molar refractivity (Wildman–Crippen MR) is 61.6 cm³/mol. The van der Waals surface area contributed by atoms with Gasteiger partial charge in [0.25, 0.3) is 0 Å². The maximum atomic E-state index is 12.1. The molecule has 2 heterocycles. The smallest absolute Gasteiger partial charge is 0.205 e. The van der Waals surface area contributed by atoms with Crippen LogP contribution in [0, 0.1) is 0 Å². The number of hydrogen-bond donors (Lipinski definition) is 1. The van der Waals surface area contributed by atoms with Crippen molar-refractivity contribution in [2.45, 2.75) is 0 Å². The number of aromatic amines is 1. The Morgan fingerprint density at radius 3 is 3.00 bits per heavy atom. The van der Waals surface area contributed by atoms with Gasteiger partial charge < -0.3 is 0 Å². The van der Waals surface area contributed by atoms with Gasteiger partial charge in [0.1, 0.15) is 5.52 Å². The molecule has 1 aromatic carbocycles. The lowest BCUT2D eigenvalue weighted by Gasteiger charge is -1.97. The van der Waals surface area contributed by atoms with Crippen LogP contribution in [0.25, 0.3) is 11.0 Å². The van der Waals surface area contributed by atoms with Gasteiger partial charge in [0, 0.05) is 0 Å². The quantitative estimate of drug-likeness (QED) is 0.685. The maximum absolute atomic E-state index is 12.1. The van der Waals surface area contributed by atoms with Gasteiger partial charge >= 0.3 is 0 Å². The Balaban J connectivity index is 2.19. The van der Waals surface area contributed by atoms with E-state index in [-0.39, 0.29) is 5.78 Å². The number of carbonyl (C=O) groups is 1. The molecule has 0 spiro atoms. The number of fused-ring (bicyclic) bond motifs is 1. The minimum Gasteiger partial charge on any atom is -0.288 e. The highest BCUT2D eigenvalue weighted by atomic mass is 32.1. The molecule has 2 aromatic heterocycles. The molecule has 0 aliphatic carbocycles. The zero-order chi connectivity index (χ0) is 11.0. The van der Waals surface area contributed by atoms with Crippen LogP contribution in [0.2, 0.25) is 0 Å². The van der Waals surface area contributed by atoms with Crippen molar-refractivity contribution < 1.29 is 4.79 Å². The summed E-state index contributed by atoms with van der Waals surface area (Å²) in [6.07, 6.45) is 0. The SMILES string of the molecule is O=C(c1cccs1)c1cccc2[nH]nnc12. The molecular weight excluding hydrogens is 222 g/mol. The third kappa shape index (κ3) is 1.33. The van der Waals surface area contributed by atoms with E-state index < -0.39 is 0 Å². The highest BCUT2D eigenvalue weighted by molar-refractivity contribution is 7.12. The van der Waals surface area contributed by atoms with E-state index in [1.807, 2.05) is 29.6 Å². The van der Waals surface area contributed by atoms with Crippen LogP contribution in [0.4, 0.5) is 0 Å². The molecule has 4 nitrogen and oxygen atoms in total. The summed E-state index contributed by atoms with van der Waals surface area (Å²) < 4.78 is 0. The van der Waals surface area contributed by atoms with Crippen LogP contribution in [0.1, 0.15) is 15.2 Å². The Morgan fingerprint density at radius 1 is 1.25 bits per heavy atom. The van der Waals surface area contributed by atoms with Crippen LogP contribution >= 0.6 is 11.3 Å². The number of H-pyrrole nitrogens is 1. The minimum atomic E-state index is -0.00509. The summed E-state index contributed by atoms with van der Waals surface area (Å²) in [7, 11) is 0. The fourth-order valence-corrected chi connectivity index (χ4v) is 2.27. The molecule has 0 amide bonds. The van der Waals surface area contributed by atoms with E-state index in [1.165, 1.54) is 11.3 Å². The Labute approximate surface area is 94.9 Å². The number of hydrogen-bond acceptors (Lipinski definition) is 4. The monoisotopic (exact) mass is 229 g/mol. The first-order valence-corrected chi connectivity index (χ1v) is 5.62. The standard InChI is InChI=1S/C11H7N3OS/c15-11(9-5-2-6-16-9)7-3-1-4-8-10(7)13-14-12-8/h1-6H,(H,12,13,14). The topological polar surface area (TPSA) is 58.6 Å². The Bertz CT molecular complexity index is 642. The first-order valence-electron chi connectivity index (χ1n) is 4.74. The number of nitrogens with one attached hydrogen (secondary N) is 1. The van der Waals surface area contributed by atoms with E-state index in [1.54, 1.807) is 6.07 Å². The first-order chi connectivity index (χ1) is 7.86. The lowest BCUT2D eigenvalue weighted by atomic mass is 10.1. The summed E-state index contributed by atoms with van der Waals surface area (Å²) in [5.74, 6) is -0.00509. The van der Waals surface area contributed by atoms with Gasteiger partial charge in [0.2, 0.25) is 5.78 Å². The van der Waals surface area contributed by atoms with E-state index in [9.17, 15) is 4.79 Å². The fourth-order valence-electron chi connectivity index (χ4n) is 1.59. The molecule has 16 heavy (non-hydrogen) atoms. The summed E-state index contributed by atoms with van der Waals surface area (Å²) >= 11 is 1.43. The van der Waals surface area contributed by atoms with Crippen molar-refractivity contribution in [2.24, 2.45) is 0 Å². The zero-order valence-corrected chi connectivity index (χ0v) is 8.99.